The lowest BCUT2D eigenvalue weighted by Gasteiger charge is -2.32. The Hall–Kier alpha value is -3.23. The van der Waals surface area contributed by atoms with Crippen molar-refractivity contribution >= 4 is 29.2 Å². The van der Waals surface area contributed by atoms with Crippen molar-refractivity contribution in [1.82, 2.24) is 4.90 Å². The van der Waals surface area contributed by atoms with Gasteiger partial charge in [0.2, 0.25) is 5.91 Å². The fourth-order valence-corrected chi connectivity index (χ4v) is 3.36. The van der Waals surface area contributed by atoms with Crippen molar-refractivity contribution in [1.29, 1.82) is 0 Å². The number of esters is 1. The third kappa shape index (κ3) is 3.15. The summed E-state index contributed by atoms with van der Waals surface area (Å²) >= 11 is 0. The lowest BCUT2D eigenvalue weighted by atomic mass is 9.91. The van der Waals surface area contributed by atoms with Crippen LogP contribution in [0.1, 0.15) is 19.3 Å². The van der Waals surface area contributed by atoms with Crippen LogP contribution in [-0.4, -0.2) is 47.3 Å². The maximum absolute atomic E-state index is 12.7. The van der Waals surface area contributed by atoms with E-state index in [0.29, 0.717) is 18.7 Å². The van der Waals surface area contributed by atoms with Crippen molar-refractivity contribution < 1.29 is 24.0 Å². The number of hydrogen-bond donors (Lipinski definition) is 1. The number of nitro groups is 1. The van der Waals surface area contributed by atoms with Gasteiger partial charge in [-0.25, -0.2) is 4.79 Å². The number of nitro benzene ring substituents is 1. The SMILES string of the molecule is COC(=O)C1=C(C(=O)Nc2ccc([N+](=O)[O-])cc2)CC(=O)N2CCCC12. The number of hydrogen-bond acceptors (Lipinski definition) is 6. The number of carbonyl (C=O) groups excluding carboxylic acids is 3. The molecule has 1 aromatic carbocycles. The summed E-state index contributed by atoms with van der Waals surface area (Å²) in [5.74, 6) is -1.41. The van der Waals surface area contributed by atoms with Crippen LogP contribution in [0.2, 0.25) is 0 Å². The van der Waals surface area contributed by atoms with Crippen LogP contribution in [0, 0.1) is 10.1 Å². The summed E-state index contributed by atoms with van der Waals surface area (Å²) in [5.41, 5.74) is 0.526. The first-order valence-electron chi connectivity index (χ1n) is 8.09. The summed E-state index contributed by atoms with van der Waals surface area (Å²) in [6, 6.07) is 4.86. The van der Waals surface area contributed by atoms with E-state index in [1.807, 2.05) is 0 Å². The van der Waals surface area contributed by atoms with E-state index in [1.54, 1.807) is 4.90 Å². The van der Waals surface area contributed by atoms with Gasteiger partial charge in [0.05, 0.1) is 30.1 Å². The first-order chi connectivity index (χ1) is 12.4. The van der Waals surface area contributed by atoms with Crippen LogP contribution in [0.5, 0.6) is 0 Å². The van der Waals surface area contributed by atoms with E-state index in [2.05, 4.69) is 5.32 Å². The lowest BCUT2D eigenvalue weighted by Crippen LogP contribution is -2.44. The second kappa shape index (κ2) is 6.95. The highest BCUT2D eigenvalue weighted by Gasteiger charge is 2.42. The summed E-state index contributed by atoms with van der Waals surface area (Å²) < 4.78 is 4.82. The highest BCUT2D eigenvalue weighted by Crippen LogP contribution is 2.33. The van der Waals surface area contributed by atoms with Crippen LogP contribution in [0.3, 0.4) is 0 Å². The van der Waals surface area contributed by atoms with Crippen LogP contribution in [0.15, 0.2) is 35.4 Å². The van der Waals surface area contributed by atoms with E-state index in [-0.39, 0.29) is 29.2 Å². The predicted molar refractivity (Wildman–Crippen MR) is 90.1 cm³/mol. The number of non-ortho nitro benzene ring substituents is 1. The number of nitrogens with one attached hydrogen (secondary N) is 1. The van der Waals surface area contributed by atoms with Crippen molar-refractivity contribution in [3.63, 3.8) is 0 Å². The maximum Gasteiger partial charge on any atom is 0.336 e. The van der Waals surface area contributed by atoms with Gasteiger partial charge in [-0.15, -0.1) is 0 Å². The summed E-state index contributed by atoms with van der Waals surface area (Å²) in [7, 11) is 1.23. The van der Waals surface area contributed by atoms with Crippen molar-refractivity contribution in [3.05, 3.63) is 45.5 Å². The van der Waals surface area contributed by atoms with Gasteiger partial charge in [-0.3, -0.25) is 19.7 Å². The minimum absolute atomic E-state index is 0.0864. The minimum atomic E-state index is -0.622. The number of benzene rings is 1. The largest absolute Gasteiger partial charge is 0.466 e. The molecular formula is C17H17N3O6. The molecule has 0 bridgehead atoms. The number of rotatable bonds is 4. The van der Waals surface area contributed by atoms with Crippen LogP contribution in [-0.2, 0) is 19.1 Å². The van der Waals surface area contributed by atoms with Gasteiger partial charge in [0.15, 0.2) is 0 Å². The van der Waals surface area contributed by atoms with Crippen molar-refractivity contribution in [2.45, 2.75) is 25.3 Å². The highest BCUT2D eigenvalue weighted by molar-refractivity contribution is 6.13. The third-order valence-corrected chi connectivity index (χ3v) is 4.57. The maximum atomic E-state index is 12.7. The molecule has 9 nitrogen and oxygen atoms in total. The molecule has 2 aliphatic rings. The molecule has 9 heteroatoms. The summed E-state index contributed by atoms with van der Waals surface area (Å²) in [6.45, 7) is 0.557. The monoisotopic (exact) mass is 359 g/mol. The molecule has 2 heterocycles. The molecule has 136 valence electrons. The van der Waals surface area contributed by atoms with Crippen LogP contribution in [0.4, 0.5) is 11.4 Å². The Labute approximate surface area is 148 Å². The number of anilines is 1. The summed E-state index contributed by atoms with van der Waals surface area (Å²) in [6.07, 6.45) is 1.18. The second-order valence-electron chi connectivity index (χ2n) is 6.06. The number of fused-ring (bicyclic) bond motifs is 1. The topological polar surface area (TPSA) is 119 Å². The van der Waals surface area contributed by atoms with Gasteiger partial charge in [-0.05, 0) is 25.0 Å². The molecule has 1 N–H and O–H groups in total. The van der Waals surface area contributed by atoms with Crippen LogP contribution < -0.4 is 5.32 Å². The Balaban J connectivity index is 1.90. The molecule has 1 atom stereocenters. The molecule has 0 spiro atoms. The van der Waals surface area contributed by atoms with Crippen LogP contribution >= 0.6 is 0 Å². The Morgan fingerprint density at radius 2 is 2.00 bits per heavy atom. The van der Waals surface area contributed by atoms with Gasteiger partial charge in [0.25, 0.3) is 11.6 Å². The second-order valence-corrected chi connectivity index (χ2v) is 6.06. The average molecular weight is 359 g/mol. The van der Waals surface area contributed by atoms with E-state index in [0.717, 1.165) is 6.42 Å². The van der Waals surface area contributed by atoms with Gasteiger partial charge < -0.3 is 15.0 Å². The molecule has 0 aliphatic carbocycles. The molecule has 2 aliphatic heterocycles. The smallest absolute Gasteiger partial charge is 0.336 e. The molecule has 2 amide bonds. The van der Waals surface area contributed by atoms with E-state index >= 15 is 0 Å². The number of ether oxygens (including phenoxy) is 1. The molecule has 1 fully saturated rings. The normalized spacial score (nSPS) is 19.2. The van der Waals surface area contributed by atoms with E-state index in [4.69, 9.17) is 4.74 Å². The molecule has 3 rings (SSSR count). The zero-order valence-corrected chi connectivity index (χ0v) is 14.1. The molecule has 0 radical (unpaired) electrons. The fourth-order valence-electron chi connectivity index (χ4n) is 3.36. The lowest BCUT2D eigenvalue weighted by molar-refractivity contribution is -0.384. The fraction of sp³-hybridized carbons (Fsp3) is 0.353. The number of nitrogens with zero attached hydrogens (tertiary/aromatic N) is 2. The zero-order chi connectivity index (χ0) is 18.8. The van der Waals surface area contributed by atoms with E-state index in [1.165, 1.54) is 31.4 Å². The van der Waals surface area contributed by atoms with Crippen molar-refractivity contribution in [3.8, 4) is 0 Å². The van der Waals surface area contributed by atoms with Gasteiger partial charge >= 0.3 is 5.97 Å². The molecular weight excluding hydrogens is 342 g/mol. The Morgan fingerprint density at radius 1 is 1.31 bits per heavy atom. The van der Waals surface area contributed by atoms with Gasteiger partial charge in [-0.2, -0.15) is 0 Å². The van der Waals surface area contributed by atoms with E-state index < -0.39 is 22.8 Å². The summed E-state index contributed by atoms with van der Waals surface area (Å²) in [4.78, 5) is 49.0. The number of carbonyl (C=O) groups is 3. The van der Waals surface area contributed by atoms with Crippen molar-refractivity contribution in [2.24, 2.45) is 0 Å². The highest BCUT2D eigenvalue weighted by atomic mass is 16.6. The quantitative estimate of drug-likeness (QED) is 0.493. The van der Waals surface area contributed by atoms with E-state index in [9.17, 15) is 24.5 Å². The zero-order valence-electron chi connectivity index (χ0n) is 14.1. The molecule has 0 saturated carbocycles. The summed E-state index contributed by atoms with van der Waals surface area (Å²) in [5, 5.41) is 13.3. The Kier molecular flexibility index (Phi) is 4.70. The molecule has 1 unspecified atom stereocenters. The van der Waals surface area contributed by atoms with Gasteiger partial charge in [-0.1, -0.05) is 0 Å². The standard InChI is InChI=1S/C17H17N3O6/c1-26-17(23)15-12(9-14(21)19-8-2-3-13(15)19)16(22)18-10-4-6-11(7-5-10)20(24)25/h4-7,13H,2-3,8-9H2,1H3,(H,18,22). The number of amides is 2. The first kappa shape index (κ1) is 17.6. The van der Waals surface area contributed by atoms with Gasteiger partial charge in [0, 0.05) is 29.9 Å². The van der Waals surface area contributed by atoms with Gasteiger partial charge in [0.1, 0.15) is 0 Å². The average Bonchev–Trinajstić information content (AvgIpc) is 3.11. The molecule has 26 heavy (non-hydrogen) atoms. The van der Waals surface area contributed by atoms with Crippen LogP contribution in [0.25, 0.3) is 0 Å². The molecule has 0 aromatic heterocycles. The Morgan fingerprint density at radius 3 is 2.62 bits per heavy atom. The van der Waals surface area contributed by atoms with Crippen molar-refractivity contribution in [2.75, 3.05) is 19.0 Å². The number of methoxy groups -OCH3 is 1. The predicted octanol–water partition coefficient (Wildman–Crippen LogP) is 1.40. The Bertz CT molecular complexity index is 814. The molecule has 1 aromatic rings. The molecule has 1 saturated heterocycles. The third-order valence-electron chi connectivity index (χ3n) is 4.57. The first-order valence-corrected chi connectivity index (χ1v) is 8.09. The minimum Gasteiger partial charge on any atom is -0.466 e.